The molecular weight excluding hydrogens is 1070 g/mol. The van der Waals surface area contributed by atoms with Crippen molar-refractivity contribution < 1.29 is 63.0 Å². The van der Waals surface area contributed by atoms with Gasteiger partial charge in [-0.15, -0.1) is 0 Å². The molecule has 1 aromatic rings. The summed E-state index contributed by atoms with van der Waals surface area (Å²) < 4.78 is 0. The number of hydrogen-bond acceptors (Lipinski definition) is 17. The lowest BCUT2D eigenvalue weighted by atomic mass is 10.00. The molecule has 28 nitrogen and oxygen atoms in total. The van der Waals surface area contributed by atoms with E-state index in [9.17, 15) is 63.0 Å². The van der Waals surface area contributed by atoms with Crippen LogP contribution in [0.5, 0.6) is 0 Å². The minimum Gasteiger partial charge on any atom is -0.391 e. The normalized spacial score (nSPS) is 22.9. The Bertz CT molecular complexity index is 2240. The topological polar surface area (TPSA) is 465 Å². The van der Waals surface area contributed by atoms with Crippen molar-refractivity contribution in [2.45, 2.75) is 198 Å². The monoisotopic (exact) mass is 1160 g/mol. The van der Waals surface area contributed by atoms with E-state index in [4.69, 9.17) is 22.9 Å². The summed E-state index contributed by atoms with van der Waals surface area (Å²) in [5, 5.41) is 49.3. The second-order valence-electron chi connectivity index (χ2n) is 21.0. The number of hydrogen-bond donors (Lipinski definition) is 17. The molecule has 21 N–H and O–H groups in total. The Morgan fingerprint density at radius 2 is 1.10 bits per heavy atom. The maximum Gasteiger partial charge on any atom is 0.245 e. The first-order valence-corrected chi connectivity index (χ1v) is 28.4. The number of rotatable bonds is 27. The minimum atomic E-state index is -1.67. The molecule has 1 fully saturated rings. The van der Waals surface area contributed by atoms with E-state index in [2.05, 4.69) is 65.4 Å². The van der Waals surface area contributed by atoms with Gasteiger partial charge in [0.1, 0.15) is 60.4 Å². The lowest BCUT2D eigenvalue weighted by molar-refractivity contribution is -0.136. The van der Waals surface area contributed by atoms with E-state index in [-0.39, 0.29) is 77.0 Å². The maximum atomic E-state index is 14.4. The molecule has 1 heterocycles. The Balaban J connectivity index is 2.62. The highest BCUT2D eigenvalue weighted by Crippen LogP contribution is 2.12. The summed E-state index contributed by atoms with van der Waals surface area (Å²) in [6.07, 6.45) is 0.478. The van der Waals surface area contributed by atoms with Crippen molar-refractivity contribution in [1.29, 1.82) is 0 Å². The Kier molecular flexibility index (Phi) is 33.0. The maximum absolute atomic E-state index is 14.4. The second-order valence-corrected chi connectivity index (χ2v) is 21.0. The van der Waals surface area contributed by atoms with Crippen molar-refractivity contribution in [2.24, 2.45) is 28.9 Å². The van der Waals surface area contributed by atoms with Crippen LogP contribution >= 0.6 is 0 Å². The molecule has 1 saturated heterocycles. The molecule has 0 aliphatic carbocycles. The lowest BCUT2D eigenvalue weighted by Gasteiger charge is -2.28. The molecule has 2 rings (SSSR count). The quantitative estimate of drug-likeness (QED) is 0.0368. The molecule has 0 unspecified atom stereocenters. The van der Waals surface area contributed by atoms with Crippen LogP contribution < -0.4 is 81.4 Å². The highest BCUT2D eigenvalue weighted by Gasteiger charge is 2.37. The van der Waals surface area contributed by atoms with Crippen molar-refractivity contribution in [2.75, 3.05) is 32.7 Å². The van der Waals surface area contributed by atoms with Crippen molar-refractivity contribution in [1.82, 2.24) is 58.5 Å². The summed E-state index contributed by atoms with van der Waals surface area (Å²) in [5.74, 6) is -9.78. The highest BCUT2D eigenvalue weighted by molar-refractivity contribution is 5.99. The molecule has 0 spiro atoms. The minimum absolute atomic E-state index is 0.000149. The lowest BCUT2D eigenvalue weighted by Crippen LogP contribution is -2.61. The molecule has 1 aliphatic heterocycles. The van der Waals surface area contributed by atoms with Crippen molar-refractivity contribution in [3.63, 3.8) is 0 Å². The number of nitrogens with one attached hydrogen (secondary N) is 11. The average Bonchev–Trinajstić information content (AvgIpc) is 3.46. The van der Waals surface area contributed by atoms with Gasteiger partial charge in [0.05, 0.1) is 12.2 Å². The summed E-state index contributed by atoms with van der Waals surface area (Å²) >= 11 is 0. The molecule has 0 saturated carbocycles. The van der Waals surface area contributed by atoms with Crippen molar-refractivity contribution in [3.8, 4) is 0 Å². The summed E-state index contributed by atoms with van der Waals surface area (Å²) in [6, 6.07) is -5.97. The molecule has 0 aromatic heterocycles. The third-order valence-electron chi connectivity index (χ3n) is 13.4. The van der Waals surface area contributed by atoms with E-state index in [0.29, 0.717) is 12.0 Å². The Morgan fingerprint density at radius 1 is 0.585 bits per heavy atom. The molecule has 1 aromatic carbocycles. The third-order valence-corrected chi connectivity index (χ3v) is 13.4. The van der Waals surface area contributed by atoms with Crippen LogP contribution in [-0.2, 0) is 59.2 Å². The Morgan fingerprint density at radius 3 is 1.62 bits per heavy atom. The highest BCUT2D eigenvalue weighted by atomic mass is 16.3. The van der Waals surface area contributed by atoms with Crippen molar-refractivity contribution >= 4 is 65.0 Å². The van der Waals surface area contributed by atoms with Gasteiger partial charge in [-0.25, -0.2) is 0 Å². The molecule has 0 bridgehead atoms. The van der Waals surface area contributed by atoms with Crippen LogP contribution in [0.1, 0.15) is 124 Å². The second kappa shape index (κ2) is 38.0. The fraction of sp³-hybridized carbons (Fsp3) is 0.685. The fourth-order valence-corrected chi connectivity index (χ4v) is 8.72. The Labute approximate surface area is 480 Å². The first kappa shape index (κ1) is 71.3. The zero-order chi connectivity index (χ0) is 61.5. The number of amides is 11. The molecule has 11 amide bonds. The summed E-state index contributed by atoms with van der Waals surface area (Å²) in [5.41, 5.74) is 24.0. The number of aliphatic hydroxyl groups excluding tert-OH is 2. The van der Waals surface area contributed by atoms with Gasteiger partial charge in [0.2, 0.25) is 65.0 Å². The van der Waals surface area contributed by atoms with E-state index in [0.717, 1.165) is 25.7 Å². The number of unbranched alkanes of at least 4 members (excludes halogenated alkanes) is 4. The molecule has 1 aliphatic rings. The van der Waals surface area contributed by atoms with Gasteiger partial charge in [-0.3, -0.25) is 52.7 Å². The van der Waals surface area contributed by atoms with Gasteiger partial charge < -0.3 is 91.6 Å². The first-order chi connectivity index (χ1) is 38.9. The summed E-state index contributed by atoms with van der Waals surface area (Å²) in [7, 11) is 0. The number of carbonyl (C=O) groups is 11. The van der Waals surface area contributed by atoms with Crippen LogP contribution in [0.4, 0.5) is 0 Å². The molecule has 12 atom stereocenters. The van der Waals surface area contributed by atoms with Crippen LogP contribution in [0, 0.1) is 5.92 Å². The number of nitrogens with two attached hydrogens (primary N) is 4. The number of aliphatic hydroxyl groups is 2. The number of carbonyl (C=O) groups excluding carboxylic acids is 11. The predicted octanol–water partition coefficient (Wildman–Crippen LogP) is -4.82. The molecule has 462 valence electrons. The predicted molar refractivity (Wildman–Crippen MR) is 304 cm³/mol. The van der Waals surface area contributed by atoms with Crippen LogP contribution in [0.2, 0.25) is 0 Å². The van der Waals surface area contributed by atoms with E-state index < -0.39 is 151 Å². The van der Waals surface area contributed by atoms with Gasteiger partial charge in [-0.05, 0) is 103 Å². The van der Waals surface area contributed by atoms with Gasteiger partial charge in [0.25, 0.3) is 0 Å². The van der Waals surface area contributed by atoms with Gasteiger partial charge in [-0.1, -0.05) is 76.8 Å². The third kappa shape index (κ3) is 25.5. The summed E-state index contributed by atoms with van der Waals surface area (Å²) in [6.45, 7) is 8.41. The standard InChI is InChI=1S/C54H93N15O13/c1-7-8-9-10-14-17-42(72)61-35(18-23-55)49(77)69-44(33(6)71)54(82)60-31(4)45(73)62-39-22-27-59-53(81)43(32(5)70)68-50(78)38(21-26-58)64-46(74)36(19-24-56)65-51(79)40(28-30(2)3)66-52(80)41(29-34-15-12-11-13-16-34)67-47(75)37(20-25-57)63-48(39)76/h11-13,15-16,30-33,35-41,43-44,70-71H,7-10,14,17-29,55-58H2,1-6H3,(H,59,81)(H,60,82)(H,61,72)(H,62,73)(H,63,76)(H,64,74)(H,65,79)(H,66,80)(H,67,75)(H,68,78)(H,69,77)/t31-,32+,33+,35-,36-,37-,38-,39-,40-,41+,43-,44-/m0/s1. The smallest absolute Gasteiger partial charge is 0.245 e. The van der Waals surface area contributed by atoms with Crippen molar-refractivity contribution in [3.05, 3.63) is 35.9 Å². The first-order valence-electron chi connectivity index (χ1n) is 28.4. The number of benzene rings is 1. The molecule has 0 radical (unpaired) electrons. The van der Waals surface area contributed by atoms with E-state index in [1.165, 1.54) is 20.8 Å². The fourth-order valence-electron chi connectivity index (χ4n) is 8.72. The van der Waals surface area contributed by atoms with E-state index in [1.54, 1.807) is 44.2 Å². The van der Waals surface area contributed by atoms with Crippen LogP contribution in [-0.4, -0.2) is 181 Å². The molecule has 28 heteroatoms. The average molecular weight is 1160 g/mol. The van der Waals surface area contributed by atoms with E-state index in [1.807, 2.05) is 0 Å². The zero-order valence-electron chi connectivity index (χ0n) is 48.3. The van der Waals surface area contributed by atoms with Gasteiger partial charge in [0.15, 0.2) is 0 Å². The Hall–Kier alpha value is -6.85. The van der Waals surface area contributed by atoms with Gasteiger partial charge in [-0.2, -0.15) is 0 Å². The molecular formula is C54H93N15O13. The van der Waals surface area contributed by atoms with Crippen LogP contribution in [0.3, 0.4) is 0 Å². The zero-order valence-corrected chi connectivity index (χ0v) is 48.3. The largest absolute Gasteiger partial charge is 0.391 e. The van der Waals surface area contributed by atoms with E-state index >= 15 is 0 Å². The molecule has 82 heavy (non-hydrogen) atoms. The SMILES string of the molecule is CCCCCCCC(=O)N[C@@H](CCN)C(=O)N[C@H](C(=O)N[C@@H](C)C(=O)N[C@H]1CCNC(=O)[C@H]([C@@H](C)O)NC(=O)[C@H](CCN)NC(=O)[C@H](CCN)NC(=O)[C@H](CC(C)C)NC(=O)[C@@H](Cc2ccccc2)NC(=O)[C@H](CCN)NC1=O)[C@@H](C)O. The van der Waals surface area contributed by atoms with Gasteiger partial charge >= 0.3 is 0 Å². The summed E-state index contributed by atoms with van der Waals surface area (Å²) in [4.78, 5) is 152. The van der Waals surface area contributed by atoms with Crippen LogP contribution in [0.25, 0.3) is 0 Å². The van der Waals surface area contributed by atoms with Gasteiger partial charge in [0, 0.05) is 19.4 Å². The van der Waals surface area contributed by atoms with Crippen LogP contribution in [0.15, 0.2) is 30.3 Å².